The fourth-order valence-corrected chi connectivity index (χ4v) is 3.60. The predicted octanol–water partition coefficient (Wildman–Crippen LogP) is 0.860. The second-order valence-electron chi connectivity index (χ2n) is 6.39. The molecule has 0 radical (unpaired) electrons. The van der Waals surface area contributed by atoms with Crippen LogP contribution in [-0.4, -0.2) is 58.1 Å². The van der Waals surface area contributed by atoms with Crippen LogP contribution in [0.4, 0.5) is 0 Å². The van der Waals surface area contributed by atoms with E-state index in [4.69, 9.17) is 0 Å². The van der Waals surface area contributed by atoms with E-state index in [0.717, 1.165) is 38.9 Å². The van der Waals surface area contributed by atoms with Crippen LogP contribution in [0, 0.1) is 5.92 Å². The van der Waals surface area contributed by atoms with Gasteiger partial charge in [-0.3, -0.25) is 14.5 Å². The molecule has 1 aromatic rings. The highest BCUT2D eigenvalue weighted by Gasteiger charge is 2.60. The molecule has 2 unspecified atom stereocenters. The van der Waals surface area contributed by atoms with Crippen LogP contribution in [0.5, 0.6) is 0 Å². The van der Waals surface area contributed by atoms with Gasteiger partial charge in [0.25, 0.3) is 0 Å². The van der Waals surface area contributed by atoms with Gasteiger partial charge in [-0.05, 0) is 20.3 Å². The zero-order valence-corrected chi connectivity index (χ0v) is 12.6. The molecule has 1 saturated carbocycles. The number of piperazine rings is 1. The molecule has 110 valence electrons. The molecule has 2 fully saturated rings. The van der Waals surface area contributed by atoms with Crippen molar-refractivity contribution in [3.8, 4) is 0 Å². The van der Waals surface area contributed by atoms with E-state index in [0.29, 0.717) is 6.04 Å². The third-order valence-electron chi connectivity index (χ3n) is 4.96. The molecule has 2 aliphatic rings. The normalized spacial score (nSPS) is 31.7. The molecule has 2 heterocycles. The van der Waals surface area contributed by atoms with Gasteiger partial charge in [0.15, 0.2) is 0 Å². The molecule has 0 aromatic carbocycles. The van der Waals surface area contributed by atoms with Crippen molar-refractivity contribution in [3.05, 3.63) is 18.0 Å². The maximum Gasteiger partial charge on any atom is 0.125 e. The number of nitrogens with zero attached hydrogens (tertiary/aromatic N) is 4. The van der Waals surface area contributed by atoms with Crippen molar-refractivity contribution in [1.82, 2.24) is 19.6 Å². The van der Waals surface area contributed by atoms with Crippen LogP contribution in [-0.2, 0) is 17.4 Å². The number of aldehydes is 1. The maximum absolute atomic E-state index is 11.3. The van der Waals surface area contributed by atoms with Crippen LogP contribution in [0.3, 0.4) is 0 Å². The molecule has 0 N–H and O–H groups in total. The van der Waals surface area contributed by atoms with Crippen LogP contribution in [0.15, 0.2) is 12.4 Å². The van der Waals surface area contributed by atoms with E-state index in [1.807, 2.05) is 17.9 Å². The van der Waals surface area contributed by atoms with E-state index in [2.05, 4.69) is 34.9 Å². The van der Waals surface area contributed by atoms with Gasteiger partial charge in [-0.2, -0.15) is 5.10 Å². The van der Waals surface area contributed by atoms with Gasteiger partial charge in [-0.15, -0.1) is 0 Å². The molecule has 5 heteroatoms. The Morgan fingerprint density at radius 3 is 2.50 bits per heavy atom. The Bertz CT molecular complexity index is 490. The summed E-state index contributed by atoms with van der Waals surface area (Å²) in [4.78, 5) is 16.3. The van der Waals surface area contributed by atoms with Crippen LogP contribution >= 0.6 is 0 Å². The second-order valence-corrected chi connectivity index (χ2v) is 6.39. The Morgan fingerprint density at radius 1 is 1.35 bits per heavy atom. The summed E-state index contributed by atoms with van der Waals surface area (Å²) in [6.45, 7) is 8.75. The standard InChI is InChI=1S/C15H24N4O/c1-12(2)18-4-6-19(7-5-18)15(8-13(15)11-20)14-9-16-17(3)10-14/h9-13H,4-8H2,1-3H3. The summed E-state index contributed by atoms with van der Waals surface area (Å²) in [6.07, 6.45) is 6.07. The fraction of sp³-hybridized carbons (Fsp3) is 0.733. The molecule has 1 aliphatic heterocycles. The van der Waals surface area contributed by atoms with E-state index >= 15 is 0 Å². The summed E-state index contributed by atoms with van der Waals surface area (Å²) >= 11 is 0. The number of carbonyl (C=O) groups excluding carboxylic acids is 1. The van der Waals surface area contributed by atoms with Crippen molar-refractivity contribution in [2.75, 3.05) is 26.2 Å². The number of hydrogen-bond donors (Lipinski definition) is 0. The Morgan fingerprint density at radius 2 is 2.05 bits per heavy atom. The predicted molar refractivity (Wildman–Crippen MR) is 77.3 cm³/mol. The van der Waals surface area contributed by atoms with Crippen molar-refractivity contribution in [2.24, 2.45) is 13.0 Å². The summed E-state index contributed by atoms with van der Waals surface area (Å²) in [5, 5.41) is 4.29. The van der Waals surface area contributed by atoms with Gasteiger partial charge in [0.1, 0.15) is 6.29 Å². The van der Waals surface area contributed by atoms with Crippen molar-refractivity contribution in [2.45, 2.75) is 31.8 Å². The average Bonchev–Trinajstić information content (AvgIpc) is 3.05. The Balaban J connectivity index is 1.78. The molecular formula is C15H24N4O. The molecule has 5 nitrogen and oxygen atoms in total. The van der Waals surface area contributed by atoms with Gasteiger partial charge in [-0.25, -0.2) is 0 Å². The minimum absolute atomic E-state index is 0.0704. The average molecular weight is 276 g/mol. The molecular weight excluding hydrogens is 252 g/mol. The minimum Gasteiger partial charge on any atom is -0.303 e. The first-order valence-corrected chi connectivity index (χ1v) is 7.51. The van der Waals surface area contributed by atoms with Gasteiger partial charge in [0, 0.05) is 56.9 Å². The third-order valence-corrected chi connectivity index (χ3v) is 4.96. The number of rotatable bonds is 4. The van der Waals surface area contributed by atoms with Crippen molar-refractivity contribution < 1.29 is 4.79 Å². The first-order valence-electron chi connectivity index (χ1n) is 7.51. The summed E-state index contributed by atoms with van der Waals surface area (Å²) in [7, 11) is 1.94. The lowest BCUT2D eigenvalue weighted by Gasteiger charge is -2.41. The van der Waals surface area contributed by atoms with Gasteiger partial charge in [0.05, 0.1) is 11.7 Å². The lowest BCUT2D eigenvalue weighted by Crippen LogP contribution is -2.52. The Labute approximate surface area is 120 Å². The van der Waals surface area contributed by atoms with Gasteiger partial charge in [0.2, 0.25) is 0 Å². The lowest BCUT2D eigenvalue weighted by molar-refractivity contribution is -0.110. The van der Waals surface area contributed by atoms with Crippen molar-refractivity contribution in [1.29, 1.82) is 0 Å². The number of aryl methyl sites for hydroxylation is 1. The summed E-state index contributed by atoms with van der Waals surface area (Å²) in [6, 6.07) is 0.604. The van der Waals surface area contributed by atoms with E-state index in [1.165, 1.54) is 5.56 Å². The van der Waals surface area contributed by atoms with Crippen LogP contribution in [0.1, 0.15) is 25.8 Å². The van der Waals surface area contributed by atoms with E-state index < -0.39 is 0 Å². The summed E-state index contributed by atoms with van der Waals surface area (Å²) in [5.41, 5.74) is 1.13. The highest BCUT2D eigenvalue weighted by molar-refractivity contribution is 5.64. The zero-order valence-electron chi connectivity index (χ0n) is 12.6. The van der Waals surface area contributed by atoms with Crippen LogP contribution in [0.2, 0.25) is 0 Å². The Hall–Kier alpha value is -1.20. The fourth-order valence-electron chi connectivity index (χ4n) is 3.60. The molecule has 1 saturated heterocycles. The van der Waals surface area contributed by atoms with Crippen LogP contribution in [0.25, 0.3) is 0 Å². The highest BCUT2D eigenvalue weighted by Crippen LogP contribution is 2.55. The summed E-state index contributed by atoms with van der Waals surface area (Å²) in [5.74, 6) is 0.136. The molecule has 1 aromatic heterocycles. The zero-order chi connectivity index (χ0) is 14.3. The maximum atomic E-state index is 11.3. The monoisotopic (exact) mass is 276 g/mol. The van der Waals surface area contributed by atoms with Gasteiger partial charge < -0.3 is 4.79 Å². The quantitative estimate of drug-likeness (QED) is 0.765. The Kier molecular flexibility index (Phi) is 3.42. The topological polar surface area (TPSA) is 41.4 Å². The molecule has 3 rings (SSSR count). The number of carbonyl (C=O) groups is 1. The first kappa shape index (κ1) is 13.8. The van der Waals surface area contributed by atoms with Gasteiger partial charge in [-0.1, -0.05) is 0 Å². The number of hydrogen-bond acceptors (Lipinski definition) is 4. The minimum atomic E-state index is -0.0704. The smallest absolute Gasteiger partial charge is 0.125 e. The van der Waals surface area contributed by atoms with Crippen molar-refractivity contribution >= 4 is 6.29 Å². The molecule has 1 aliphatic carbocycles. The molecule has 2 atom stereocenters. The SMILES string of the molecule is CC(C)N1CCN(C2(c3cnn(C)c3)CC2C=O)CC1. The van der Waals surface area contributed by atoms with Gasteiger partial charge >= 0.3 is 0 Å². The first-order chi connectivity index (χ1) is 9.57. The molecule has 20 heavy (non-hydrogen) atoms. The van der Waals surface area contributed by atoms with Crippen LogP contribution < -0.4 is 0 Å². The van der Waals surface area contributed by atoms with E-state index in [9.17, 15) is 4.79 Å². The molecule has 0 bridgehead atoms. The second kappa shape index (κ2) is 4.97. The summed E-state index contributed by atoms with van der Waals surface area (Å²) < 4.78 is 1.83. The van der Waals surface area contributed by atoms with E-state index in [-0.39, 0.29) is 11.5 Å². The molecule has 0 spiro atoms. The largest absolute Gasteiger partial charge is 0.303 e. The molecule has 0 amide bonds. The number of aromatic nitrogens is 2. The van der Waals surface area contributed by atoms with E-state index in [1.54, 1.807) is 0 Å². The third kappa shape index (κ3) is 2.09. The van der Waals surface area contributed by atoms with Crippen molar-refractivity contribution in [3.63, 3.8) is 0 Å². The highest BCUT2D eigenvalue weighted by atomic mass is 16.1. The lowest BCUT2D eigenvalue weighted by atomic mass is 10.0.